The first kappa shape index (κ1) is 11.1. The summed E-state index contributed by atoms with van der Waals surface area (Å²) in [4.78, 5) is 21.1. The standard InChI is InChI=1S/C7H14N2O3/c8-4-3-6(10)5(9)1-2-7(11)12/h5H,1-4,8-9H2,(H,11,12)/t5-/m1/s1. The Bertz CT molecular complexity index is 170. The molecule has 0 radical (unpaired) electrons. The monoisotopic (exact) mass is 174 g/mol. The molecule has 12 heavy (non-hydrogen) atoms. The summed E-state index contributed by atoms with van der Waals surface area (Å²) in [5, 5.41) is 8.28. The van der Waals surface area contributed by atoms with Crippen LogP contribution in [-0.4, -0.2) is 29.4 Å². The van der Waals surface area contributed by atoms with Crippen molar-refractivity contribution in [3.8, 4) is 0 Å². The molecule has 5 heteroatoms. The Kier molecular flexibility index (Phi) is 5.23. The van der Waals surface area contributed by atoms with Crippen molar-refractivity contribution in [1.29, 1.82) is 0 Å². The van der Waals surface area contributed by atoms with Gasteiger partial charge in [-0.15, -0.1) is 0 Å². The molecule has 5 nitrogen and oxygen atoms in total. The van der Waals surface area contributed by atoms with E-state index in [-0.39, 0.29) is 31.6 Å². The van der Waals surface area contributed by atoms with Gasteiger partial charge in [-0.2, -0.15) is 0 Å². The normalized spacial score (nSPS) is 12.5. The van der Waals surface area contributed by atoms with Gasteiger partial charge in [-0.25, -0.2) is 0 Å². The van der Waals surface area contributed by atoms with Crippen molar-refractivity contribution >= 4 is 11.8 Å². The van der Waals surface area contributed by atoms with E-state index < -0.39 is 12.0 Å². The van der Waals surface area contributed by atoms with E-state index in [2.05, 4.69) is 0 Å². The number of aliphatic carboxylic acids is 1. The average Bonchev–Trinajstić information content (AvgIpc) is 2.00. The van der Waals surface area contributed by atoms with Crippen molar-refractivity contribution < 1.29 is 14.7 Å². The number of hydrogen-bond acceptors (Lipinski definition) is 4. The van der Waals surface area contributed by atoms with Crippen LogP contribution in [0, 0.1) is 0 Å². The molecule has 0 saturated carbocycles. The van der Waals surface area contributed by atoms with Gasteiger partial charge in [0.2, 0.25) is 0 Å². The van der Waals surface area contributed by atoms with E-state index in [1.807, 2.05) is 0 Å². The highest BCUT2D eigenvalue weighted by Crippen LogP contribution is 1.97. The zero-order chi connectivity index (χ0) is 9.56. The van der Waals surface area contributed by atoms with E-state index >= 15 is 0 Å². The van der Waals surface area contributed by atoms with Gasteiger partial charge in [-0.05, 0) is 13.0 Å². The summed E-state index contributed by atoms with van der Waals surface area (Å²) in [6.07, 6.45) is 0.340. The lowest BCUT2D eigenvalue weighted by atomic mass is 10.1. The minimum Gasteiger partial charge on any atom is -0.481 e. The van der Waals surface area contributed by atoms with Gasteiger partial charge in [0.05, 0.1) is 6.04 Å². The number of rotatable bonds is 6. The Hall–Kier alpha value is -0.940. The van der Waals surface area contributed by atoms with Gasteiger partial charge in [0, 0.05) is 12.8 Å². The van der Waals surface area contributed by atoms with E-state index in [0.29, 0.717) is 0 Å². The molecule has 0 heterocycles. The Balaban J connectivity index is 3.63. The lowest BCUT2D eigenvalue weighted by Gasteiger charge is -2.07. The second-order valence-corrected chi connectivity index (χ2v) is 2.54. The molecule has 0 aliphatic rings. The van der Waals surface area contributed by atoms with Crippen LogP contribution in [0.1, 0.15) is 19.3 Å². The highest BCUT2D eigenvalue weighted by Gasteiger charge is 2.13. The fourth-order valence-corrected chi connectivity index (χ4v) is 0.768. The number of carbonyl (C=O) groups excluding carboxylic acids is 1. The second kappa shape index (κ2) is 5.68. The van der Waals surface area contributed by atoms with Crippen LogP contribution >= 0.6 is 0 Å². The molecule has 0 rings (SSSR count). The van der Waals surface area contributed by atoms with E-state index in [1.54, 1.807) is 0 Å². The molecule has 0 aliphatic carbocycles. The average molecular weight is 174 g/mol. The first-order chi connectivity index (χ1) is 5.57. The number of nitrogens with two attached hydrogens (primary N) is 2. The first-order valence-corrected chi connectivity index (χ1v) is 3.78. The zero-order valence-corrected chi connectivity index (χ0v) is 6.82. The molecule has 0 aromatic rings. The lowest BCUT2D eigenvalue weighted by Crippen LogP contribution is -2.32. The van der Waals surface area contributed by atoms with Crippen molar-refractivity contribution in [1.82, 2.24) is 0 Å². The first-order valence-electron chi connectivity index (χ1n) is 3.78. The number of ketones is 1. The third kappa shape index (κ3) is 4.81. The molecule has 70 valence electrons. The Morgan fingerprint density at radius 3 is 2.33 bits per heavy atom. The third-order valence-electron chi connectivity index (χ3n) is 1.47. The van der Waals surface area contributed by atoms with Crippen molar-refractivity contribution in [2.24, 2.45) is 11.5 Å². The smallest absolute Gasteiger partial charge is 0.303 e. The molecule has 5 N–H and O–H groups in total. The quantitative estimate of drug-likeness (QED) is 0.483. The van der Waals surface area contributed by atoms with Gasteiger partial charge in [-0.3, -0.25) is 9.59 Å². The van der Waals surface area contributed by atoms with Crippen LogP contribution in [0.15, 0.2) is 0 Å². The lowest BCUT2D eigenvalue weighted by molar-refractivity contribution is -0.137. The number of carboxylic acids is 1. The highest BCUT2D eigenvalue weighted by molar-refractivity contribution is 5.84. The van der Waals surface area contributed by atoms with Crippen LogP contribution < -0.4 is 11.5 Å². The molecule has 0 saturated heterocycles. The van der Waals surface area contributed by atoms with E-state index in [0.717, 1.165) is 0 Å². The van der Waals surface area contributed by atoms with Crippen LogP contribution in [-0.2, 0) is 9.59 Å². The zero-order valence-electron chi connectivity index (χ0n) is 6.82. The van der Waals surface area contributed by atoms with Gasteiger partial charge in [-0.1, -0.05) is 0 Å². The number of carboxylic acid groups (broad SMARTS) is 1. The minimum atomic E-state index is -0.939. The number of carbonyl (C=O) groups is 2. The molecule has 1 atom stereocenters. The second-order valence-electron chi connectivity index (χ2n) is 2.54. The van der Waals surface area contributed by atoms with Gasteiger partial charge in [0.15, 0.2) is 5.78 Å². The Morgan fingerprint density at radius 2 is 1.92 bits per heavy atom. The van der Waals surface area contributed by atoms with Crippen molar-refractivity contribution in [2.75, 3.05) is 6.54 Å². The molecular formula is C7H14N2O3. The summed E-state index contributed by atoms with van der Waals surface area (Å²) in [6, 6.07) is -0.676. The van der Waals surface area contributed by atoms with Crippen LogP contribution in [0.25, 0.3) is 0 Å². The Morgan fingerprint density at radius 1 is 1.33 bits per heavy atom. The van der Waals surface area contributed by atoms with E-state index in [1.165, 1.54) is 0 Å². The van der Waals surface area contributed by atoms with Crippen molar-refractivity contribution in [2.45, 2.75) is 25.3 Å². The predicted octanol–water partition coefficient (Wildman–Crippen LogP) is -0.904. The fourth-order valence-electron chi connectivity index (χ4n) is 0.768. The summed E-state index contributed by atoms with van der Waals surface area (Å²) >= 11 is 0. The van der Waals surface area contributed by atoms with Crippen LogP contribution in [0.5, 0.6) is 0 Å². The summed E-state index contributed by atoms with van der Waals surface area (Å²) in [6.45, 7) is 0.263. The fraction of sp³-hybridized carbons (Fsp3) is 0.714. The molecule has 0 bridgehead atoms. The van der Waals surface area contributed by atoms with Crippen LogP contribution in [0.3, 0.4) is 0 Å². The molecule has 0 aromatic carbocycles. The molecule has 0 aliphatic heterocycles. The van der Waals surface area contributed by atoms with E-state index in [4.69, 9.17) is 16.6 Å². The topological polar surface area (TPSA) is 106 Å². The number of Topliss-reactive ketones (excluding diaryl/α,β-unsaturated/α-hetero) is 1. The van der Waals surface area contributed by atoms with Crippen molar-refractivity contribution in [3.05, 3.63) is 0 Å². The van der Waals surface area contributed by atoms with Crippen molar-refractivity contribution in [3.63, 3.8) is 0 Å². The summed E-state index contributed by atoms with van der Waals surface area (Å²) in [5.41, 5.74) is 10.5. The third-order valence-corrected chi connectivity index (χ3v) is 1.47. The molecule has 0 amide bonds. The summed E-state index contributed by atoms with van der Waals surface area (Å²) in [7, 11) is 0. The highest BCUT2D eigenvalue weighted by atomic mass is 16.4. The minimum absolute atomic E-state index is 0.0719. The largest absolute Gasteiger partial charge is 0.481 e. The maximum atomic E-state index is 11.0. The maximum Gasteiger partial charge on any atom is 0.303 e. The molecular weight excluding hydrogens is 160 g/mol. The Labute approximate surface area is 70.7 Å². The molecule has 0 fully saturated rings. The summed E-state index contributed by atoms with van der Waals surface area (Å²) < 4.78 is 0. The predicted molar refractivity (Wildman–Crippen MR) is 43.5 cm³/mol. The molecule has 0 unspecified atom stereocenters. The van der Waals surface area contributed by atoms with E-state index in [9.17, 15) is 9.59 Å². The van der Waals surface area contributed by atoms with Gasteiger partial charge >= 0.3 is 5.97 Å². The van der Waals surface area contributed by atoms with Gasteiger partial charge < -0.3 is 16.6 Å². The van der Waals surface area contributed by atoms with Crippen LogP contribution in [0.4, 0.5) is 0 Å². The van der Waals surface area contributed by atoms with Gasteiger partial charge in [0.25, 0.3) is 0 Å². The van der Waals surface area contributed by atoms with Gasteiger partial charge in [0.1, 0.15) is 0 Å². The molecule has 0 aromatic heterocycles. The molecule has 0 spiro atoms. The number of hydrogen-bond donors (Lipinski definition) is 3. The van der Waals surface area contributed by atoms with Crippen LogP contribution in [0.2, 0.25) is 0 Å². The SMILES string of the molecule is NCCC(=O)[C@H](N)CCC(=O)O. The summed E-state index contributed by atoms with van der Waals surface area (Å²) in [5.74, 6) is -1.11. The maximum absolute atomic E-state index is 11.0.